The molecule has 90 valence electrons. The summed E-state index contributed by atoms with van der Waals surface area (Å²) >= 11 is 1.81. The van der Waals surface area contributed by atoms with Crippen LogP contribution in [-0.2, 0) is 4.74 Å². The fraction of sp³-hybridized carbons (Fsp3) is 0.538. The maximum atomic E-state index is 5.76. The van der Waals surface area contributed by atoms with Gasteiger partial charge in [-0.3, -0.25) is 0 Å². The van der Waals surface area contributed by atoms with E-state index in [2.05, 4.69) is 26.0 Å². The molecule has 0 bridgehead atoms. The Hall–Kier alpha value is -0.670. The van der Waals surface area contributed by atoms with Crippen molar-refractivity contribution < 1.29 is 4.74 Å². The van der Waals surface area contributed by atoms with Gasteiger partial charge in [0, 0.05) is 22.9 Å². The van der Waals surface area contributed by atoms with Crippen LogP contribution in [0.3, 0.4) is 0 Å². The van der Waals surface area contributed by atoms with Gasteiger partial charge in [0.25, 0.3) is 0 Å². The summed E-state index contributed by atoms with van der Waals surface area (Å²) in [4.78, 5) is 1.26. The minimum Gasteiger partial charge on any atom is -0.399 e. The Bertz CT molecular complexity index is 326. The van der Waals surface area contributed by atoms with Crippen LogP contribution in [-0.4, -0.2) is 19.0 Å². The third kappa shape index (κ3) is 4.90. The lowest BCUT2D eigenvalue weighted by molar-refractivity contribution is 0.124. The van der Waals surface area contributed by atoms with Crippen LogP contribution in [0.2, 0.25) is 0 Å². The molecule has 1 aromatic carbocycles. The van der Waals surface area contributed by atoms with Crippen LogP contribution in [0, 0.1) is 12.8 Å². The Morgan fingerprint density at radius 3 is 2.75 bits per heavy atom. The molecule has 0 atom stereocenters. The van der Waals surface area contributed by atoms with E-state index >= 15 is 0 Å². The molecule has 0 saturated heterocycles. The molecule has 2 nitrogen and oxygen atoms in total. The summed E-state index contributed by atoms with van der Waals surface area (Å²) in [7, 11) is 0. The van der Waals surface area contributed by atoms with Crippen molar-refractivity contribution in [3.8, 4) is 0 Å². The maximum absolute atomic E-state index is 5.76. The highest BCUT2D eigenvalue weighted by Crippen LogP contribution is 2.22. The predicted octanol–water partition coefficient (Wildman–Crippen LogP) is 3.34. The second kappa shape index (κ2) is 6.81. The van der Waals surface area contributed by atoms with Gasteiger partial charge in [-0.2, -0.15) is 0 Å². The van der Waals surface area contributed by atoms with E-state index in [9.17, 15) is 0 Å². The van der Waals surface area contributed by atoms with Gasteiger partial charge in [-0.05, 0) is 36.6 Å². The summed E-state index contributed by atoms with van der Waals surface area (Å²) in [5.41, 5.74) is 7.77. The summed E-state index contributed by atoms with van der Waals surface area (Å²) in [6.45, 7) is 8.02. The lowest BCUT2D eigenvalue weighted by atomic mass is 10.2. The molecule has 0 heterocycles. The van der Waals surface area contributed by atoms with Crippen molar-refractivity contribution in [3.05, 3.63) is 23.8 Å². The topological polar surface area (TPSA) is 35.2 Å². The number of thioether (sulfide) groups is 1. The number of anilines is 1. The third-order valence-electron chi connectivity index (χ3n) is 2.19. The van der Waals surface area contributed by atoms with Gasteiger partial charge in [0.1, 0.15) is 0 Å². The Labute approximate surface area is 103 Å². The standard InChI is InChI=1S/C13H21NOS/c1-10(2)9-15-6-7-16-12-4-5-13(14)11(3)8-12/h4-5,8,10H,6-7,9,14H2,1-3H3. The zero-order valence-corrected chi connectivity index (χ0v) is 11.1. The van der Waals surface area contributed by atoms with Crippen LogP contribution in [0.1, 0.15) is 19.4 Å². The first-order chi connectivity index (χ1) is 7.59. The molecule has 2 N–H and O–H groups in total. The van der Waals surface area contributed by atoms with E-state index in [0.717, 1.165) is 30.2 Å². The average Bonchev–Trinajstić information content (AvgIpc) is 2.22. The first kappa shape index (κ1) is 13.4. The van der Waals surface area contributed by atoms with Gasteiger partial charge in [-0.25, -0.2) is 0 Å². The summed E-state index contributed by atoms with van der Waals surface area (Å²) in [5.74, 6) is 1.61. The summed E-state index contributed by atoms with van der Waals surface area (Å²) in [6.07, 6.45) is 0. The molecule has 0 fully saturated rings. The van der Waals surface area contributed by atoms with Crippen molar-refractivity contribution >= 4 is 17.4 Å². The van der Waals surface area contributed by atoms with Crippen molar-refractivity contribution in [2.45, 2.75) is 25.7 Å². The van der Waals surface area contributed by atoms with E-state index in [4.69, 9.17) is 10.5 Å². The predicted molar refractivity (Wildman–Crippen MR) is 72.0 cm³/mol. The Morgan fingerprint density at radius 1 is 1.38 bits per heavy atom. The van der Waals surface area contributed by atoms with E-state index in [0.29, 0.717) is 5.92 Å². The largest absolute Gasteiger partial charge is 0.399 e. The SMILES string of the molecule is Cc1cc(SCCOCC(C)C)ccc1N. The van der Waals surface area contributed by atoms with Crippen molar-refractivity contribution in [1.29, 1.82) is 0 Å². The van der Waals surface area contributed by atoms with Crippen molar-refractivity contribution in [2.24, 2.45) is 5.92 Å². The van der Waals surface area contributed by atoms with Crippen LogP contribution in [0.4, 0.5) is 5.69 Å². The number of nitrogens with two attached hydrogens (primary N) is 1. The van der Waals surface area contributed by atoms with Gasteiger partial charge >= 0.3 is 0 Å². The number of nitrogen functional groups attached to an aromatic ring is 1. The zero-order valence-electron chi connectivity index (χ0n) is 10.3. The van der Waals surface area contributed by atoms with Crippen LogP contribution in [0.5, 0.6) is 0 Å². The van der Waals surface area contributed by atoms with Gasteiger partial charge in [-0.15, -0.1) is 11.8 Å². The van der Waals surface area contributed by atoms with E-state index in [1.807, 2.05) is 24.8 Å². The van der Waals surface area contributed by atoms with Gasteiger partial charge < -0.3 is 10.5 Å². The molecule has 1 rings (SSSR count). The Balaban J connectivity index is 2.24. The van der Waals surface area contributed by atoms with E-state index in [1.165, 1.54) is 4.90 Å². The van der Waals surface area contributed by atoms with Crippen molar-refractivity contribution in [3.63, 3.8) is 0 Å². The molecule has 1 aromatic rings. The number of rotatable bonds is 6. The Kier molecular flexibility index (Phi) is 5.71. The number of hydrogen-bond acceptors (Lipinski definition) is 3. The monoisotopic (exact) mass is 239 g/mol. The van der Waals surface area contributed by atoms with Crippen LogP contribution >= 0.6 is 11.8 Å². The quantitative estimate of drug-likeness (QED) is 0.470. The number of hydrogen-bond donors (Lipinski definition) is 1. The minimum absolute atomic E-state index is 0.615. The highest BCUT2D eigenvalue weighted by molar-refractivity contribution is 7.99. The number of ether oxygens (including phenoxy) is 1. The smallest absolute Gasteiger partial charge is 0.0560 e. The van der Waals surface area contributed by atoms with Gasteiger partial charge in [-0.1, -0.05) is 13.8 Å². The fourth-order valence-corrected chi connectivity index (χ4v) is 2.14. The molecule has 16 heavy (non-hydrogen) atoms. The number of aryl methyl sites for hydroxylation is 1. The van der Waals surface area contributed by atoms with Crippen molar-refractivity contribution in [1.82, 2.24) is 0 Å². The van der Waals surface area contributed by atoms with E-state index in [1.54, 1.807) is 0 Å². The molecule has 0 radical (unpaired) electrons. The maximum Gasteiger partial charge on any atom is 0.0560 e. The second-order valence-corrected chi connectivity index (χ2v) is 5.50. The first-order valence-corrected chi connectivity index (χ1v) is 6.65. The summed E-state index contributed by atoms with van der Waals surface area (Å²) < 4.78 is 5.53. The summed E-state index contributed by atoms with van der Waals surface area (Å²) in [6, 6.07) is 6.16. The van der Waals surface area contributed by atoms with E-state index < -0.39 is 0 Å². The normalized spacial score (nSPS) is 11.0. The van der Waals surface area contributed by atoms with Crippen molar-refractivity contribution in [2.75, 3.05) is 24.7 Å². The molecule has 0 saturated carbocycles. The molecular weight excluding hydrogens is 218 g/mol. The molecule has 0 aromatic heterocycles. The van der Waals surface area contributed by atoms with Crippen LogP contribution in [0.15, 0.2) is 23.1 Å². The first-order valence-electron chi connectivity index (χ1n) is 5.66. The zero-order chi connectivity index (χ0) is 12.0. The van der Waals surface area contributed by atoms with E-state index in [-0.39, 0.29) is 0 Å². The minimum atomic E-state index is 0.615. The molecule has 0 aliphatic heterocycles. The summed E-state index contributed by atoms with van der Waals surface area (Å²) in [5, 5.41) is 0. The molecule has 0 aliphatic rings. The van der Waals surface area contributed by atoms with Gasteiger partial charge in [0.15, 0.2) is 0 Å². The molecular formula is C13H21NOS. The molecule has 0 unspecified atom stereocenters. The van der Waals surface area contributed by atoms with Crippen LogP contribution in [0.25, 0.3) is 0 Å². The molecule has 0 aliphatic carbocycles. The lowest BCUT2D eigenvalue weighted by Gasteiger charge is -2.07. The average molecular weight is 239 g/mol. The van der Waals surface area contributed by atoms with Gasteiger partial charge in [0.2, 0.25) is 0 Å². The second-order valence-electron chi connectivity index (χ2n) is 4.34. The number of benzene rings is 1. The Morgan fingerprint density at radius 2 is 2.12 bits per heavy atom. The lowest BCUT2D eigenvalue weighted by Crippen LogP contribution is -2.04. The molecule has 0 amide bonds. The highest BCUT2D eigenvalue weighted by atomic mass is 32.2. The van der Waals surface area contributed by atoms with Gasteiger partial charge in [0.05, 0.1) is 6.61 Å². The molecule has 0 spiro atoms. The fourth-order valence-electron chi connectivity index (χ4n) is 1.28. The highest BCUT2D eigenvalue weighted by Gasteiger charge is 1.98. The third-order valence-corrected chi connectivity index (χ3v) is 3.15. The molecule has 3 heteroatoms. The van der Waals surface area contributed by atoms with Crippen LogP contribution < -0.4 is 5.73 Å².